The fourth-order valence-electron chi connectivity index (χ4n) is 1.18. The fraction of sp³-hybridized carbons (Fsp3) is 0. The number of thiocarbonyl (C=S) groups is 1. The van der Waals surface area contributed by atoms with Crippen molar-refractivity contribution < 1.29 is 0 Å². The quantitative estimate of drug-likeness (QED) is 0.852. The summed E-state index contributed by atoms with van der Waals surface area (Å²) in [6, 6.07) is 3.75. The van der Waals surface area contributed by atoms with Crippen molar-refractivity contribution in [1.82, 2.24) is 14.5 Å². The summed E-state index contributed by atoms with van der Waals surface area (Å²) in [4.78, 5) is 8.54. The van der Waals surface area contributed by atoms with Crippen molar-refractivity contribution in [2.24, 2.45) is 5.73 Å². The lowest BCUT2D eigenvalue weighted by atomic mass is 10.4. The average Bonchev–Trinajstić information content (AvgIpc) is 2.67. The third-order valence-corrected chi connectivity index (χ3v) is 2.47. The first kappa shape index (κ1) is 10.3. The lowest BCUT2D eigenvalue weighted by molar-refractivity contribution is 0.975. The van der Waals surface area contributed by atoms with Crippen molar-refractivity contribution in [3.63, 3.8) is 0 Å². The van der Waals surface area contributed by atoms with Gasteiger partial charge in [-0.15, -0.1) is 0 Å². The molecule has 0 atom stereocenters. The topological polar surface area (TPSA) is 56.7 Å². The predicted octanol–water partition coefficient (Wildman–Crippen LogP) is 1.66. The Hall–Kier alpha value is -1.27. The van der Waals surface area contributed by atoms with Gasteiger partial charge in [0, 0.05) is 23.1 Å². The second-order valence-electron chi connectivity index (χ2n) is 2.82. The normalized spacial score (nSPS) is 10.2. The van der Waals surface area contributed by atoms with Gasteiger partial charge in [-0.1, -0.05) is 12.2 Å². The van der Waals surface area contributed by atoms with Crippen molar-refractivity contribution in [1.29, 1.82) is 0 Å². The van der Waals surface area contributed by atoms with Crippen LogP contribution in [0.3, 0.4) is 0 Å². The summed E-state index contributed by atoms with van der Waals surface area (Å²) in [6.07, 6.45) is 5.11. The molecule has 15 heavy (non-hydrogen) atoms. The van der Waals surface area contributed by atoms with Crippen molar-refractivity contribution in [2.75, 3.05) is 0 Å². The molecule has 0 aliphatic rings. The predicted molar refractivity (Wildman–Crippen MR) is 64.9 cm³/mol. The number of aromatic nitrogens is 3. The van der Waals surface area contributed by atoms with E-state index in [2.05, 4.69) is 25.9 Å². The summed E-state index contributed by atoms with van der Waals surface area (Å²) in [5, 5.41) is 0. The molecule has 0 bridgehead atoms. The molecule has 2 aromatic heterocycles. The van der Waals surface area contributed by atoms with Crippen molar-refractivity contribution in [3.8, 4) is 5.82 Å². The van der Waals surface area contributed by atoms with E-state index in [1.54, 1.807) is 23.2 Å². The Kier molecular flexibility index (Phi) is 2.79. The number of pyridine rings is 1. The van der Waals surface area contributed by atoms with Gasteiger partial charge in [0.1, 0.15) is 10.8 Å². The van der Waals surface area contributed by atoms with Crippen LogP contribution in [0.1, 0.15) is 5.82 Å². The summed E-state index contributed by atoms with van der Waals surface area (Å²) in [5.74, 6) is 1.28. The first-order valence-corrected chi connectivity index (χ1v) is 5.33. The zero-order chi connectivity index (χ0) is 10.8. The zero-order valence-electron chi connectivity index (χ0n) is 7.59. The average molecular weight is 283 g/mol. The molecule has 0 fully saturated rings. The molecule has 0 aliphatic heterocycles. The molecular weight excluding hydrogens is 276 g/mol. The van der Waals surface area contributed by atoms with Crippen molar-refractivity contribution in [3.05, 3.63) is 41.0 Å². The number of halogens is 1. The van der Waals surface area contributed by atoms with Crippen LogP contribution in [0.4, 0.5) is 0 Å². The van der Waals surface area contributed by atoms with E-state index in [1.807, 2.05) is 12.1 Å². The highest BCUT2D eigenvalue weighted by atomic mass is 79.9. The molecule has 0 radical (unpaired) electrons. The number of nitrogens with zero attached hydrogens (tertiary/aromatic N) is 3. The van der Waals surface area contributed by atoms with Crippen LogP contribution in [0.2, 0.25) is 0 Å². The molecule has 2 rings (SSSR count). The number of rotatable bonds is 2. The Balaban J connectivity index is 2.49. The smallest absolute Gasteiger partial charge is 0.173 e. The highest BCUT2D eigenvalue weighted by molar-refractivity contribution is 9.10. The molecule has 6 heteroatoms. The SMILES string of the molecule is NC(=S)c1nccn1-c1ccc(Br)cn1. The highest BCUT2D eigenvalue weighted by Crippen LogP contribution is 2.12. The Bertz CT molecular complexity index is 491. The maximum Gasteiger partial charge on any atom is 0.173 e. The molecule has 0 saturated heterocycles. The van der Waals surface area contributed by atoms with Gasteiger partial charge in [0.2, 0.25) is 0 Å². The monoisotopic (exact) mass is 282 g/mol. The molecule has 0 aliphatic carbocycles. The summed E-state index contributed by atoms with van der Waals surface area (Å²) in [5.41, 5.74) is 5.54. The van der Waals surface area contributed by atoms with Crippen LogP contribution >= 0.6 is 28.1 Å². The molecule has 2 aromatic rings. The van der Waals surface area contributed by atoms with Gasteiger partial charge in [-0.05, 0) is 28.1 Å². The molecule has 0 amide bonds. The third-order valence-electron chi connectivity index (χ3n) is 1.82. The van der Waals surface area contributed by atoms with E-state index >= 15 is 0 Å². The Morgan fingerprint density at radius 2 is 2.20 bits per heavy atom. The van der Waals surface area contributed by atoms with Crippen LogP contribution in [0, 0.1) is 0 Å². The number of hydrogen-bond donors (Lipinski definition) is 1. The molecule has 0 spiro atoms. The lowest BCUT2D eigenvalue weighted by Gasteiger charge is -2.04. The van der Waals surface area contributed by atoms with Crippen LogP contribution in [0.15, 0.2) is 35.2 Å². The molecule has 76 valence electrons. The molecule has 4 nitrogen and oxygen atoms in total. The van der Waals surface area contributed by atoms with Gasteiger partial charge < -0.3 is 5.73 Å². The van der Waals surface area contributed by atoms with Gasteiger partial charge in [-0.3, -0.25) is 4.57 Å². The van der Waals surface area contributed by atoms with E-state index in [-0.39, 0.29) is 4.99 Å². The number of nitrogens with two attached hydrogens (primary N) is 1. The first-order chi connectivity index (χ1) is 7.18. The Labute approximate surface area is 100 Å². The van der Waals surface area contributed by atoms with E-state index < -0.39 is 0 Å². The third kappa shape index (κ3) is 2.05. The van der Waals surface area contributed by atoms with Crippen LogP contribution in [0.5, 0.6) is 0 Å². The fourth-order valence-corrected chi connectivity index (χ4v) is 1.57. The highest BCUT2D eigenvalue weighted by Gasteiger charge is 2.07. The van der Waals surface area contributed by atoms with Crippen LogP contribution in [-0.2, 0) is 0 Å². The van der Waals surface area contributed by atoms with E-state index in [1.165, 1.54) is 0 Å². The maximum absolute atomic E-state index is 5.54. The second kappa shape index (κ2) is 4.08. The molecule has 0 unspecified atom stereocenters. The maximum atomic E-state index is 5.54. The second-order valence-corrected chi connectivity index (χ2v) is 4.18. The standard InChI is InChI=1S/C9H7BrN4S/c10-6-1-2-7(13-5-6)14-4-3-12-9(14)8(11)15/h1-5H,(H2,11,15). The van der Waals surface area contributed by atoms with E-state index in [0.717, 1.165) is 10.3 Å². The summed E-state index contributed by atoms with van der Waals surface area (Å²) in [7, 11) is 0. The minimum atomic E-state index is 0.254. The molecule has 2 heterocycles. The summed E-state index contributed by atoms with van der Waals surface area (Å²) >= 11 is 8.20. The largest absolute Gasteiger partial charge is 0.387 e. The van der Waals surface area contributed by atoms with E-state index in [0.29, 0.717) is 5.82 Å². The van der Waals surface area contributed by atoms with Crippen LogP contribution in [-0.4, -0.2) is 19.5 Å². The summed E-state index contributed by atoms with van der Waals surface area (Å²) in [6.45, 7) is 0. The lowest BCUT2D eigenvalue weighted by Crippen LogP contribution is -2.16. The van der Waals surface area contributed by atoms with Gasteiger partial charge in [0.05, 0.1) is 0 Å². The van der Waals surface area contributed by atoms with Crippen molar-refractivity contribution >= 4 is 33.1 Å². The number of imidazole rings is 1. The van der Waals surface area contributed by atoms with E-state index in [9.17, 15) is 0 Å². The Morgan fingerprint density at radius 3 is 2.80 bits per heavy atom. The molecule has 0 saturated carbocycles. The van der Waals surface area contributed by atoms with E-state index in [4.69, 9.17) is 18.0 Å². The van der Waals surface area contributed by atoms with Gasteiger partial charge in [-0.2, -0.15) is 0 Å². The molecule has 2 N–H and O–H groups in total. The molecular formula is C9H7BrN4S. The van der Waals surface area contributed by atoms with Gasteiger partial charge in [0.25, 0.3) is 0 Å². The first-order valence-electron chi connectivity index (χ1n) is 4.13. The minimum Gasteiger partial charge on any atom is -0.387 e. The van der Waals surface area contributed by atoms with Crippen molar-refractivity contribution in [2.45, 2.75) is 0 Å². The summed E-state index contributed by atoms with van der Waals surface area (Å²) < 4.78 is 2.66. The van der Waals surface area contributed by atoms with Crippen LogP contribution < -0.4 is 5.73 Å². The molecule has 0 aromatic carbocycles. The number of hydrogen-bond acceptors (Lipinski definition) is 3. The zero-order valence-corrected chi connectivity index (χ0v) is 9.99. The van der Waals surface area contributed by atoms with Gasteiger partial charge in [0.15, 0.2) is 5.82 Å². The van der Waals surface area contributed by atoms with Crippen LogP contribution in [0.25, 0.3) is 5.82 Å². The Morgan fingerprint density at radius 1 is 1.40 bits per heavy atom. The van der Waals surface area contributed by atoms with Gasteiger partial charge in [-0.25, -0.2) is 9.97 Å². The van der Waals surface area contributed by atoms with Gasteiger partial charge >= 0.3 is 0 Å². The minimum absolute atomic E-state index is 0.254.